The second-order valence-corrected chi connectivity index (χ2v) is 24.8. The van der Waals surface area contributed by atoms with Gasteiger partial charge in [0, 0.05) is 25.9 Å². The lowest BCUT2D eigenvalue weighted by Crippen LogP contribution is -2.52. The standard InChI is InChI=1S/C29H38N2O7.C27H38N2O5.C11H13NO7/c1-20(2)16-31(29(34)37-18-22-11-7-4-8-12-22)17-25(32)24(15-21-9-5-3-6-10-21)30-28(33)38-26-19-36-27-23(26)13-14-35-27;1-20(2)17-29(26(32)33-19-22-14-10-7-11-15-22)18-24(30)23(16-21-12-8-6-9-13-21)28-25(31)34-27(3,4)5;13-8-1-2-9(14)12(8)19-11(15)18-7-5-17-10-6(7)3-4-16-10/h3-12,20,23-27,32H,13-19H2,1-2H3,(H,30,33);6-15,20,23-24,30H,16-19H2,1-5H3,(H,28,31);6-7,10H,1-5H2/t23?,24-,25+,26-,27?;23-,24+;6?,7-,10?/m000/s1. The fourth-order valence-electron chi connectivity index (χ4n) is 10.7. The largest absolute Gasteiger partial charge is 0.534 e. The van der Waals surface area contributed by atoms with E-state index < -0.39 is 84.4 Å². The third-order valence-electron chi connectivity index (χ3n) is 15.1. The number of alkyl carbamates (subject to hydrolysis) is 2. The fraction of sp³-hybridized carbons (Fsp3) is 0.537. The molecule has 24 nitrogen and oxygen atoms in total. The summed E-state index contributed by atoms with van der Waals surface area (Å²) in [7, 11) is 0. The van der Waals surface area contributed by atoms with Gasteiger partial charge in [-0.1, -0.05) is 154 Å². The molecule has 4 N–H and O–H groups in total. The van der Waals surface area contributed by atoms with E-state index in [9.17, 15) is 43.8 Å². The first-order valence-electron chi connectivity index (χ1n) is 31.1. The topological polar surface area (TPSA) is 286 Å². The maximum absolute atomic E-state index is 13.0. The molecule has 5 saturated heterocycles. The van der Waals surface area contributed by atoms with Crippen LogP contribution < -0.4 is 10.6 Å². The Labute approximate surface area is 531 Å². The second kappa shape index (κ2) is 35.1. The number of fused-ring (bicyclic) bond motifs is 2. The van der Waals surface area contributed by atoms with Crippen molar-refractivity contribution in [2.24, 2.45) is 23.7 Å². The van der Waals surface area contributed by atoms with Crippen molar-refractivity contribution in [3.8, 4) is 0 Å². The number of benzene rings is 4. The molecule has 91 heavy (non-hydrogen) atoms. The van der Waals surface area contributed by atoms with E-state index >= 15 is 0 Å². The third-order valence-corrected chi connectivity index (χ3v) is 15.1. The molecule has 5 aliphatic heterocycles. The Morgan fingerprint density at radius 3 is 1.33 bits per heavy atom. The zero-order valence-electron chi connectivity index (χ0n) is 53.0. The number of hydroxylamine groups is 2. The van der Waals surface area contributed by atoms with Crippen LogP contribution in [0.25, 0.3) is 0 Å². The van der Waals surface area contributed by atoms with E-state index in [-0.39, 0.29) is 88.6 Å². The molecule has 0 radical (unpaired) electrons. The molecular weight excluding hydrogens is 1180 g/mol. The molecule has 24 heteroatoms. The summed E-state index contributed by atoms with van der Waals surface area (Å²) in [6.45, 7) is 16.1. The number of aliphatic hydroxyl groups is 2. The van der Waals surface area contributed by atoms with Gasteiger partial charge in [-0.05, 0) is 80.5 Å². The summed E-state index contributed by atoms with van der Waals surface area (Å²) in [5, 5.41) is 28.5. The van der Waals surface area contributed by atoms with Crippen molar-refractivity contribution in [2.75, 3.05) is 52.6 Å². The Morgan fingerprint density at radius 1 is 0.549 bits per heavy atom. The Morgan fingerprint density at radius 2 is 0.934 bits per heavy atom. The first-order chi connectivity index (χ1) is 43.6. The van der Waals surface area contributed by atoms with Crippen LogP contribution in [0, 0.1) is 23.7 Å². The molecule has 0 aliphatic carbocycles. The summed E-state index contributed by atoms with van der Waals surface area (Å²) in [5.74, 6) is -0.751. The van der Waals surface area contributed by atoms with Crippen molar-refractivity contribution in [1.82, 2.24) is 25.5 Å². The molecule has 496 valence electrons. The molecule has 4 unspecified atom stereocenters. The van der Waals surface area contributed by atoms with E-state index in [0.717, 1.165) is 35.1 Å². The predicted octanol–water partition coefficient (Wildman–Crippen LogP) is 8.48. The van der Waals surface area contributed by atoms with Crippen LogP contribution in [-0.2, 0) is 83.1 Å². The van der Waals surface area contributed by atoms with E-state index in [0.29, 0.717) is 44.2 Å². The molecule has 4 aromatic rings. The Hall–Kier alpha value is -7.87. The average Bonchev–Trinajstić information content (AvgIpc) is 1.76. The van der Waals surface area contributed by atoms with Crippen LogP contribution in [0.2, 0.25) is 0 Å². The summed E-state index contributed by atoms with van der Waals surface area (Å²) >= 11 is 0. The van der Waals surface area contributed by atoms with Crippen molar-refractivity contribution >= 4 is 42.3 Å². The second-order valence-electron chi connectivity index (χ2n) is 24.8. The van der Waals surface area contributed by atoms with Gasteiger partial charge in [0.2, 0.25) is 0 Å². The maximum Gasteiger partial charge on any atom is 0.534 e. The van der Waals surface area contributed by atoms with Gasteiger partial charge in [0.1, 0.15) is 31.0 Å². The maximum atomic E-state index is 13.0. The number of hydrogen-bond donors (Lipinski definition) is 4. The Bertz CT molecular complexity index is 2910. The Balaban J connectivity index is 0.000000204. The summed E-state index contributed by atoms with van der Waals surface area (Å²) in [4.78, 5) is 92.9. The molecule has 0 aromatic heterocycles. The highest BCUT2D eigenvalue weighted by Crippen LogP contribution is 2.34. The molecule has 4 aromatic carbocycles. The minimum Gasteiger partial charge on any atom is -0.445 e. The summed E-state index contributed by atoms with van der Waals surface area (Å²) in [5.41, 5.74) is 2.98. The number of imide groups is 1. The molecule has 0 spiro atoms. The van der Waals surface area contributed by atoms with Crippen molar-refractivity contribution in [2.45, 2.75) is 155 Å². The van der Waals surface area contributed by atoms with Crippen LogP contribution >= 0.6 is 0 Å². The van der Waals surface area contributed by atoms with Crippen LogP contribution in [-0.4, -0.2) is 175 Å². The highest BCUT2D eigenvalue weighted by Gasteiger charge is 2.46. The first-order valence-corrected chi connectivity index (χ1v) is 31.1. The number of rotatable bonds is 23. The number of amides is 6. The zero-order chi connectivity index (χ0) is 65.5. The monoisotopic (exact) mass is 1270 g/mol. The Kier molecular flexibility index (Phi) is 27.2. The van der Waals surface area contributed by atoms with E-state index in [1.54, 1.807) is 20.8 Å². The first kappa shape index (κ1) is 70.6. The summed E-state index contributed by atoms with van der Waals surface area (Å²) in [6.07, 6.45) is -4.60. The van der Waals surface area contributed by atoms with E-state index in [1.165, 1.54) is 9.80 Å². The van der Waals surface area contributed by atoms with Gasteiger partial charge in [0.05, 0.1) is 75.6 Å². The van der Waals surface area contributed by atoms with Gasteiger partial charge in [-0.3, -0.25) is 14.4 Å². The number of carbonyl (C=O) groups excluding carboxylic acids is 7. The smallest absolute Gasteiger partial charge is 0.445 e. The van der Waals surface area contributed by atoms with Gasteiger partial charge in [0.15, 0.2) is 12.6 Å². The van der Waals surface area contributed by atoms with Crippen LogP contribution in [0.1, 0.15) is 96.4 Å². The van der Waals surface area contributed by atoms with Crippen LogP contribution in [0.3, 0.4) is 0 Å². The van der Waals surface area contributed by atoms with Gasteiger partial charge in [-0.15, -0.1) is 0 Å². The minimum absolute atomic E-state index is 0.00530. The van der Waals surface area contributed by atoms with Gasteiger partial charge >= 0.3 is 30.5 Å². The van der Waals surface area contributed by atoms with Crippen molar-refractivity contribution in [3.05, 3.63) is 144 Å². The molecule has 5 aliphatic rings. The summed E-state index contributed by atoms with van der Waals surface area (Å²) in [6, 6.07) is 36.7. The van der Waals surface area contributed by atoms with Gasteiger partial charge < -0.3 is 73.3 Å². The van der Waals surface area contributed by atoms with Crippen LogP contribution in [0.4, 0.5) is 24.0 Å². The lowest BCUT2D eigenvalue weighted by atomic mass is 10.0. The van der Waals surface area contributed by atoms with Crippen molar-refractivity contribution in [3.63, 3.8) is 0 Å². The fourth-order valence-corrected chi connectivity index (χ4v) is 10.7. The number of hydrogen-bond acceptors (Lipinski definition) is 19. The van der Waals surface area contributed by atoms with Crippen molar-refractivity contribution in [1.29, 1.82) is 0 Å². The van der Waals surface area contributed by atoms with E-state index in [1.807, 2.05) is 149 Å². The van der Waals surface area contributed by atoms with Crippen LogP contribution in [0.5, 0.6) is 0 Å². The lowest BCUT2D eigenvalue weighted by Gasteiger charge is -2.31. The van der Waals surface area contributed by atoms with E-state index in [4.69, 9.17) is 42.6 Å². The van der Waals surface area contributed by atoms with Gasteiger partial charge in [-0.2, -0.15) is 0 Å². The quantitative estimate of drug-likeness (QED) is 0.0307. The predicted molar refractivity (Wildman–Crippen MR) is 329 cm³/mol. The normalized spacial score (nSPS) is 21.1. The lowest BCUT2D eigenvalue weighted by molar-refractivity contribution is -0.179. The molecule has 6 amide bonds. The van der Waals surface area contributed by atoms with Gasteiger partial charge in [-0.25, -0.2) is 24.0 Å². The number of carbonyl (C=O) groups is 7. The van der Waals surface area contributed by atoms with E-state index in [2.05, 4.69) is 15.5 Å². The number of nitrogens with one attached hydrogen (secondary N) is 2. The number of aliphatic hydroxyl groups excluding tert-OH is 2. The molecule has 5 fully saturated rings. The third kappa shape index (κ3) is 23.4. The molecule has 0 saturated carbocycles. The molecule has 0 bridgehead atoms. The molecule has 10 atom stereocenters. The molecule has 9 rings (SSSR count). The number of ether oxygens (including phenoxy) is 9. The van der Waals surface area contributed by atoms with Crippen LogP contribution in [0.15, 0.2) is 121 Å². The van der Waals surface area contributed by atoms with Crippen molar-refractivity contribution < 1.29 is 91.2 Å². The number of nitrogens with zero attached hydrogens (tertiary/aromatic N) is 3. The molecule has 5 heterocycles. The highest BCUT2D eigenvalue weighted by molar-refractivity contribution is 6.01. The average molecular weight is 1270 g/mol. The SMILES string of the molecule is CC(C)CN(C[C@@H](O)[C@H](Cc1ccccc1)NC(=O)OC(C)(C)C)C(=O)OCc1ccccc1.CC(C)CN(C[C@@H](O)[C@H](Cc1ccccc1)NC(=O)O[C@H]1COC2OCCC21)C(=O)OCc1ccccc1.O=C(O[C@H]1COC2OCCC21)ON1C(=O)CCC1=O. The minimum atomic E-state index is -1.07. The zero-order valence-corrected chi connectivity index (χ0v) is 53.0. The highest BCUT2D eigenvalue weighted by atomic mass is 16.8. The summed E-state index contributed by atoms with van der Waals surface area (Å²) < 4.78 is 48.8. The van der Waals surface area contributed by atoms with Gasteiger partial charge in [0.25, 0.3) is 11.8 Å². The molecular formula is C67H89N5O19.